The lowest BCUT2D eigenvalue weighted by Gasteiger charge is -2.32. The monoisotopic (exact) mass is 289 g/mol. The molecule has 1 amide bonds. The molecule has 0 aromatic heterocycles. The summed E-state index contributed by atoms with van der Waals surface area (Å²) in [6.45, 7) is 7.25. The molecule has 0 aromatic carbocycles. The number of alkyl carbamates (subject to hydrolysis) is 1. The standard InChI is InChI=1S/C14H24FNO4/c1-5-19-12(17)9-6-7-10(15)11(8-9)16-13(18)20-14(2,3)4/h9-11H,5-8H2,1-4H3,(H,16,18)/t9-,10+,11+/m1/s1. The first-order valence-corrected chi connectivity index (χ1v) is 7.03. The van der Waals surface area contributed by atoms with E-state index in [1.54, 1.807) is 27.7 Å². The van der Waals surface area contributed by atoms with Crippen LogP contribution in [0, 0.1) is 5.92 Å². The second kappa shape index (κ2) is 6.90. The van der Waals surface area contributed by atoms with Crippen LogP contribution in [0.15, 0.2) is 0 Å². The Balaban J connectivity index is 2.54. The molecule has 116 valence electrons. The van der Waals surface area contributed by atoms with Gasteiger partial charge in [0.2, 0.25) is 0 Å². The maximum absolute atomic E-state index is 13.8. The summed E-state index contributed by atoms with van der Waals surface area (Å²) >= 11 is 0. The number of ether oxygens (including phenoxy) is 2. The van der Waals surface area contributed by atoms with Crippen LogP contribution in [0.1, 0.15) is 47.0 Å². The molecule has 6 heteroatoms. The van der Waals surface area contributed by atoms with E-state index >= 15 is 0 Å². The first-order chi connectivity index (χ1) is 9.23. The minimum Gasteiger partial charge on any atom is -0.466 e. The number of amides is 1. The van der Waals surface area contributed by atoms with Gasteiger partial charge in [-0.05, 0) is 47.0 Å². The number of halogens is 1. The van der Waals surface area contributed by atoms with Gasteiger partial charge < -0.3 is 14.8 Å². The number of carbonyl (C=O) groups excluding carboxylic acids is 2. The molecule has 0 unspecified atom stereocenters. The summed E-state index contributed by atoms with van der Waals surface area (Å²) in [4.78, 5) is 23.3. The lowest BCUT2D eigenvalue weighted by Crippen LogP contribution is -2.48. The minimum atomic E-state index is -1.16. The molecule has 1 fully saturated rings. The molecular weight excluding hydrogens is 265 g/mol. The predicted molar refractivity (Wildman–Crippen MR) is 72.0 cm³/mol. The second-order valence-corrected chi connectivity index (χ2v) is 6.03. The summed E-state index contributed by atoms with van der Waals surface area (Å²) in [5.74, 6) is -0.683. The van der Waals surface area contributed by atoms with Crippen molar-refractivity contribution in [1.82, 2.24) is 5.32 Å². The largest absolute Gasteiger partial charge is 0.466 e. The second-order valence-electron chi connectivity index (χ2n) is 6.03. The normalized spacial score (nSPS) is 26.8. The van der Waals surface area contributed by atoms with Crippen LogP contribution < -0.4 is 5.32 Å². The number of alkyl halides is 1. The van der Waals surface area contributed by atoms with Crippen molar-refractivity contribution in [2.75, 3.05) is 6.61 Å². The van der Waals surface area contributed by atoms with Crippen LogP contribution in [0.25, 0.3) is 0 Å². The van der Waals surface area contributed by atoms with Crippen LogP contribution in [-0.2, 0) is 14.3 Å². The van der Waals surface area contributed by atoms with E-state index in [9.17, 15) is 14.0 Å². The smallest absolute Gasteiger partial charge is 0.407 e. The quantitative estimate of drug-likeness (QED) is 0.811. The van der Waals surface area contributed by atoms with E-state index in [2.05, 4.69) is 5.32 Å². The molecule has 1 rings (SSSR count). The van der Waals surface area contributed by atoms with Crippen molar-refractivity contribution in [3.63, 3.8) is 0 Å². The summed E-state index contributed by atoms with van der Waals surface area (Å²) in [7, 11) is 0. The van der Waals surface area contributed by atoms with Gasteiger partial charge in [0.05, 0.1) is 18.6 Å². The molecule has 1 aliphatic carbocycles. The molecule has 1 N–H and O–H groups in total. The zero-order valence-corrected chi connectivity index (χ0v) is 12.6. The molecule has 0 bridgehead atoms. The Labute approximate surface area is 119 Å². The van der Waals surface area contributed by atoms with Crippen LogP contribution in [0.3, 0.4) is 0 Å². The first kappa shape index (κ1) is 16.7. The number of hydrogen-bond acceptors (Lipinski definition) is 4. The zero-order chi connectivity index (χ0) is 15.3. The highest BCUT2D eigenvalue weighted by atomic mass is 19.1. The number of hydrogen-bond donors (Lipinski definition) is 1. The fourth-order valence-corrected chi connectivity index (χ4v) is 2.22. The van der Waals surface area contributed by atoms with Gasteiger partial charge in [0.1, 0.15) is 11.8 Å². The van der Waals surface area contributed by atoms with Crippen molar-refractivity contribution in [3.8, 4) is 0 Å². The highest BCUT2D eigenvalue weighted by Gasteiger charge is 2.36. The maximum Gasteiger partial charge on any atom is 0.407 e. The van der Waals surface area contributed by atoms with Gasteiger partial charge >= 0.3 is 12.1 Å². The average molecular weight is 289 g/mol. The van der Waals surface area contributed by atoms with E-state index in [0.717, 1.165) is 0 Å². The van der Waals surface area contributed by atoms with E-state index in [-0.39, 0.29) is 24.7 Å². The van der Waals surface area contributed by atoms with E-state index in [1.165, 1.54) is 0 Å². The van der Waals surface area contributed by atoms with Crippen molar-refractivity contribution in [3.05, 3.63) is 0 Å². The van der Waals surface area contributed by atoms with Crippen molar-refractivity contribution in [2.24, 2.45) is 5.92 Å². The summed E-state index contributed by atoms with van der Waals surface area (Å²) in [5.41, 5.74) is -0.634. The molecule has 0 spiro atoms. The molecule has 0 heterocycles. The van der Waals surface area contributed by atoms with Crippen molar-refractivity contribution in [1.29, 1.82) is 0 Å². The summed E-state index contributed by atoms with van der Waals surface area (Å²) in [6, 6.07) is -0.701. The highest BCUT2D eigenvalue weighted by Crippen LogP contribution is 2.28. The maximum atomic E-state index is 13.8. The Hall–Kier alpha value is -1.33. The van der Waals surface area contributed by atoms with Crippen LogP contribution in [0.2, 0.25) is 0 Å². The van der Waals surface area contributed by atoms with Gasteiger partial charge in [-0.3, -0.25) is 4.79 Å². The SMILES string of the molecule is CCOC(=O)[C@@H]1CC[C@H](F)[C@@H](NC(=O)OC(C)(C)C)C1. The van der Waals surface area contributed by atoms with Gasteiger partial charge in [-0.2, -0.15) is 0 Å². The van der Waals surface area contributed by atoms with Gasteiger partial charge in [-0.1, -0.05) is 0 Å². The Morgan fingerprint density at radius 1 is 1.30 bits per heavy atom. The predicted octanol–water partition coefficient (Wildman–Crippen LogP) is 2.58. The van der Waals surface area contributed by atoms with E-state index in [1.807, 2.05) is 0 Å². The molecule has 0 aliphatic heterocycles. The Bertz CT molecular complexity index is 354. The average Bonchev–Trinajstić information content (AvgIpc) is 2.29. The fraction of sp³-hybridized carbons (Fsp3) is 0.857. The molecule has 1 saturated carbocycles. The lowest BCUT2D eigenvalue weighted by atomic mass is 9.84. The third-order valence-electron chi connectivity index (χ3n) is 3.09. The molecule has 3 atom stereocenters. The van der Waals surface area contributed by atoms with Crippen LogP contribution in [0.5, 0.6) is 0 Å². The fourth-order valence-electron chi connectivity index (χ4n) is 2.22. The van der Waals surface area contributed by atoms with Crippen molar-refractivity contribution >= 4 is 12.1 Å². The summed E-state index contributed by atoms with van der Waals surface area (Å²) in [5, 5.41) is 2.51. The molecule has 1 aliphatic rings. The minimum absolute atomic E-state index is 0.240. The van der Waals surface area contributed by atoms with E-state index in [0.29, 0.717) is 13.0 Å². The number of nitrogens with one attached hydrogen (secondary N) is 1. The molecule has 0 radical (unpaired) electrons. The lowest BCUT2D eigenvalue weighted by molar-refractivity contribution is -0.149. The molecule has 0 aromatic rings. The van der Waals surface area contributed by atoms with Gasteiger partial charge in [0, 0.05) is 0 Å². The third kappa shape index (κ3) is 5.35. The number of carbonyl (C=O) groups is 2. The highest BCUT2D eigenvalue weighted by molar-refractivity contribution is 5.73. The Morgan fingerprint density at radius 2 is 1.95 bits per heavy atom. The van der Waals surface area contributed by atoms with E-state index < -0.39 is 23.9 Å². The third-order valence-corrected chi connectivity index (χ3v) is 3.09. The number of rotatable bonds is 3. The topological polar surface area (TPSA) is 64.6 Å². The molecular formula is C14H24FNO4. The first-order valence-electron chi connectivity index (χ1n) is 7.03. The van der Waals surface area contributed by atoms with Gasteiger partial charge in [0.15, 0.2) is 0 Å². The molecule has 5 nitrogen and oxygen atoms in total. The zero-order valence-electron chi connectivity index (χ0n) is 12.6. The van der Waals surface area contributed by atoms with E-state index in [4.69, 9.17) is 9.47 Å². The van der Waals surface area contributed by atoms with Crippen LogP contribution >= 0.6 is 0 Å². The summed E-state index contributed by atoms with van der Waals surface area (Å²) < 4.78 is 23.9. The molecule has 0 saturated heterocycles. The van der Waals surface area contributed by atoms with Crippen LogP contribution in [-0.4, -0.2) is 36.5 Å². The van der Waals surface area contributed by atoms with Crippen molar-refractivity contribution < 1.29 is 23.5 Å². The van der Waals surface area contributed by atoms with Gasteiger partial charge in [-0.25, -0.2) is 9.18 Å². The van der Waals surface area contributed by atoms with Crippen molar-refractivity contribution in [2.45, 2.75) is 64.8 Å². The Morgan fingerprint density at radius 3 is 2.50 bits per heavy atom. The molecule has 20 heavy (non-hydrogen) atoms. The summed E-state index contributed by atoms with van der Waals surface area (Å²) in [6.07, 6.45) is -0.877. The Kier molecular flexibility index (Phi) is 5.77. The van der Waals surface area contributed by atoms with Crippen LogP contribution in [0.4, 0.5) is 9.18 Å². The van der Waals surface area contributed by atoms with Gasteiger partial charge in [0.25, 0.3) is 0 Å². The number of esters is 1. The van der Waals surface area contributed by atoms with Gasteiger partial charge in [-0.15, -0.1) is 0 Å².